The van der Waals surface area contributed by atoms with Gasteiger partial charge in [0.2, 0.25) is 5.95 Å². The molecule has 0 aromatic carbocycles. The molecule has 6 heteroatoms. The van der Waals surface area contributed by atoms with Crippen molar-refractivity contribution in [2.75, 3.05) is 31.1 Å². The molecular formula is C11H15N5O. The standard InChI is InChI=1S/C11H15N5O/c1-8-2-3-9(17-8)10-13-11(15-14-10)16-6-4-12-5-7-16/h2-3,12H,4-7H2,1H3,(H,13,14,15). The minimum atomic E-state index is 0.687. The molecule has 17 heavy (non-hydrogen) atoms. The van der Waals surface area contributed by atoms with Gasteiger partial charge >= 0.3 is 0 Å². The van der Waals surface area contributed by atoms with Gasteiger partial charge < -0.3 is 14.6 Å². The van der Waals surface area contributed by atoms with Crippen LogP contribution in [0.25, 0.3) is 11.6 Å². The number of hydrogen-bond acceptors (Lipinski definition) is 5. The summed E-state index contributed by atoms with van der Waals surface area (Å²) >= 11 is 0. The van der Waals surface area contributed by atoms with Gasteiger partial charge in [0, 0.05) is 26.2 Å². The molecule has 2 aromatic rings. The maximum absolute atomic E-state index is 5.51. The summed E-state index contributed by atoms with van der Waals surface area (Å²) in [7, 11) is 0. The number of H-pyrrole nitrogens is 1. The Labute approximate surface area is 99.0 Å². The molecule has 90 valence electrons. The molecule has 0 unspecified atom stereocenters. The lowest BCUT2D eigenvalue weighted by Crippen LogP contribution is -2.44. The van der Waals surface area contributed by atoms with Crippen LogP contribution in [-0.2, 0) is 0 Å². The lowest BCUT2D eigenvalue weighted by Gasteiger charge is -2.25. The molecule has 1 fully saturated rings. The Morgan fingerprint density at radius 2 is 2.12 bits per heavy atom. The van der Waals surface area contributed by atoms with Gasteiger partial charge in [-0.05, 0) is 19.1 Å². The zero-order valence-electron chi connectivity index (χ0n) is 9.73. The van der Waals surface area contributed by atoms with Crippen LogP contribution < -0.4 is 10.2 Å². The summed E-state index contributed by atoms with van der Waals surface area (Å²) < 4.78 is 5.51. The summed E-state index contributed by atoms with van der Waals surface area (Å²) in [5.74, 6) is 3.04. The van der Waals surface area contributed by atoms with E-state index >= 15 is 0 Å². The van der Waals surface area contributed by atoms with Gasteiger partial charge in [0.1, 0.15) is 5.76 Å². The van der Waals surface area contributed by atoms with Crippen LogP contribution in [0, 0.1) is 6.92 Å². The lowest BCUT2D eigenvalue weighted by atomic mass is 10.4. The van der Waals surface area contributed by atoms with Gasteiger partial charge in [-0.1, -0.05) is 0 Å². The molecule has 3 heterocycles. The number of hydrogen-bond donors (Lipinski definition) is 2. The Hall–Kier alpha value is -1.82. The maximum Gasteiger partial charge on any atom is 0.245 e. The van der Waals surface area contributed by atoms with Gasteiger partial charge in [-0.3, -0.25) is 5.10 Å². The van der Waals surface area contributed by atoms with Crippen molar-refractivity contribution in [1.82, 2.24) is 20.5 Å². The number of nitrogens with one attached hydrogen (secondary N) is 2. The first-order valence-electron chi connectivity index (χ1n) is 5.78. The first kappa shape index (κ1) is 10.3. The van der Waals surface area contributed by atoms with Crippen LogP contribution in [0.15, 0.2) is 16.5 Å². The Morgan fingerprint density at radius 3 is 2.82 bits per heavy atom. The van der Waals surface area contributed by atoms with Gasteiger partial charge in [-0.2, -0.15) is 4.98 Å². The van der Waals surface area contributed by atoms with Crippen molar-refractivity contribution >= 4 is 5.95 Å². The molecule has 0 saturated carbocycles. The Balaban J connectivity index is 1.82. The normalized spacial score (nSPS) is 16.4. The number of rotatable bonds is 2. The number of aromatic amines is 1. The number of aromatic nitrogens is 3. The van der Waals surface area contributed by atoms with E-state index in [-0.39, 0.29) is 0 Å². The van der Waals surface area contributed by atoms with E-state index in [2.05, 4.69) is 25.4 Å². The van der Waals surface area contributed by atoms with E-state index in [1.54, 1.807) is 0 Å². The molecular weight excluding hydrogens is 218 g/mol. The van der Waals surface area contributed by atoms with Crippen molar-refractivity contribution in [3.63, 3.8) is 0 Å². The van der Waals surface area contributed by atoms with E-state index in [9.17, 15) is 0 Å². The highest BCUT2D eigenvalue weighted by atomic mass is 16.3. The van der Waals surface area contributed by atoms with Gasteiger partial charge in [0.25, 0.3) is 0 Å². The van der Waals surface area contributed by atoms with Gasteiger partial charge in [-0.15, -0.1) is 5.10 Å². The SMILES string of the molecule is Cc1ccc(-c2nc(N3CCNCC3)n[nH]2)o1. The van der Waals surface area contributed by atoms with Gasteiger partial charge in [-0.25, -0.2) is 0 Å². The highest BCUT2D eigenvalue weighted by Crippen LogP contribution is 2.20. The predicted octanol–water partition coefficient (Wildman–Crippen LogP) is 0.783. The van der Waals surface area contributed by atoms with Gasteiger partial charge in [0.15, 0.2) is 11.6 Å². The summed E-state index contributed by atoms with van der Waals surface area (Å²) in [5.41, 5.74) is 0. The van der Waals surface area contributed by atoms with Crippen LogP contribution in [0.1, 0.15) is 5.76 Å². The van der Waals surface area contributed by atoms with E-state index in [0.29, 0.717) is 5.82 Å². The second-order valence-electron chi connectivity index (χ2n) is 4.13. The Bertz CT molecular complexity index is 497. The smallest absolute Gasteiger partial charge is 0.245 e. The van der Waals surface area contributed by atoms with Crippen molar-refractivity contribution in [3.05, 3.63) is 17.9 Å². The van der Waals surface area contributed by atoms with Crippen LogP contribution in [0.5, 0.6) is 0 Å². The first-order chi connectivity index (χ1) is 8.33. The van der Waals surface area contributed by atoms with Crippen LogP contribution in [-0.4, -0.2) is 41.4 Å². The fourth-order valence-corrected chi connectivity index (χ4v) is 1.93. The Morgan fingerprint density at radius 1 is 1.29 bits per heavy atom. The van der Waals surface area contributed by atoms with Gasteiger partial charge in [0.05, 0.1) is 0 Å². The molecule has 0 radical (unpaired) electrons. The molecule has 2 N–H and O–H groups in total. The van der Waals surface area contributed by atoms with Crippen LogP contribution in [0.3, 0.4) is 0 Å². The minimum Gasteiger partial charge on any atom is -0.458 e. The topological polar surface area (TPSA) is 70.0 Å². The van der Waals surface area contributed by atoms with Crippen molar-refractivity contribution in [2.24, 2.45) is 0 Å². The molecule has 0 bridgehead atoms. The highest BCUT2D eigenvalue weighted by Gasteiger charge is 2.16. The van der Waals surface area contributed by atoms with E-state index in [4.69, 9.17) is 4.42 Å². The number of aryl methyl sites for hydroxylation is 1. The second kappa shape index (κ2) is 4.21. The number of piperazine rings is 1. The van der Waals surface area contributed by atoms with E-state index in [1.807, 2.05) is 19.1 Å². The summed E-state index contributed by atoms with van der Waals surface area (Å²) in [4.78, 5) is 6.61. The predicted molar refractivity (Wildman–Crippen MR) is 63.9 cm³/mol. The van der Waals surface area contributed by atoms with Crippen molar-refractivity contribution in [1.29, 1.82) is 0 Å². The number of furan rings is 1. The fraction of sp³-hybridized carbons (Fsp3) is 0.455. The van der Waals surface area contributed by atoms with E-state index in [0.717, 1.165) is 43.6 Å². The molecule has 1 aliphatic heterocycles. The first-order valence-corrected chi connectivity index (χ1v) is 5.78. The molecule has 0 amide bonds. The highest BCUT2D eigenvalue weighted by molar-refractivity contribution is 5.49. The minimum absolute atomic E-state index is 0.687. The van der Waals surface area contributed by atoms with Crippen molar-refractivity contribution in [3.8, 4) is 11.6 Å². The van der Waals surface area contributed by atoms with E-state index in [1.165, 1.54) is 0 Å². The molecule has 0 aliphatic carbocycles. The summed E-state index contributed by atoms with van der Waals surface area (Å²) in [6.45, 7) is 5.74. The second-order valence-corrected chi connectivity index (χ2v) is 4.13. The largest absolute Gasteiger partial charge is 0.458 e. The van der Waals surface area contributed by atoms with Crippen LogP contribution in [0.4, 0.5) is 5.95 Å². The van der Waals surface area contributed by atoms with Crippen molar-refractivity contribution < 1.29 is 4.42 Å². The summed E-state index contributed by atoms with van der Waals surface area (Å²) in [6.07, 6.45) is 0. The van der Waals surface area contributed by atoms with Crippen LogP contribution >= 0.6 is 0 Å². The molecule has 1 aliphatic rings. The zero-order chi connectivity index (χ0) is 11.7. The molecule has 2 aromatic heterocycles. The monoisotopic (exact) mass is 233 g/mol. The fourth-order valence-electron chi connectivity index (χ4n) is 1.93. The Kier molecular flexibility index (Phi) is 2.56. The average molecular weight is 233 g/mol. The number of anilines is 1. The lowest BCUT2D eigenvalue weighted by molar-refractivity contribution is 0.544. The summed E-state index contributed by atoms with van der Waals surface area (Å²) in [5, 5.41) is 10.4. The maximum atomic E-state index is 5.51. The quantitative estimate of drug-likeness (QED) is 0.802. The third kappa shape index (κ3) is 2.03. The van der Waals surface area contributed by atoms with Crippen molar-refractivity contribution in [2.45, 2.75) is 6.92 Å². The van der Waals surface area contributed by atoms with Crippen LogP contribution in [0.2, 0.25) is 0 Å². The molecule has 1 saturated heterocycles. The summed E-state index contributed by atoms with van der Waals surface area (Å²) in [6, 6.07) is 3.82. The third-order valence-corrected chi connectivity index (χ3v) is 2.85. The molecule has 3 rings (SSSR count). The third-order valence-electron chi connectivity index (χ3n) is 2.85. The number of nitrogens with zero attached hydrogens (tertiary/aromatic N) is 3. The molecule has 0 spiro atoms. The molecule has 0 atom stereocenters. The zero-order valence-corrected chi connectivity index (χ0v) is 9.73. The van der Waals surface area contributed by atoms with E-state index < -0.39 is 0 Å². The molecule has 6 nitrogen and oxygen atoms in total. The average Bonchev–Trinajstić information content (AvgIpc) is 2.98.